The maximum atomic E-state index is 10.9. The molecule has 3 nitrogen and oxygen atoms in total. The van der Waals surface area contributed by atoms with Gasteiger partial charge in [-0.05, 0) is 13.8 Å². The Morgan fingerprint density at radius 3 is 2.00 bits per heavy atom. The van der Waals surface area contributed by atoms with E-state index >= 15 is 0 Å². The van der Waals surface area contributed by atoms with Crippen molar-refractivity contribution in [1.29, 1.82) is 0 Å². The summed E-state index contributed by atoms with van der Waals surface area (Å²) in [7, 11) is 0. The summed E-state index contributed by atoms with van der Waals surface area (Å²) in [5, 5.41) is 8.54. The fourth-order valence-electron chi connectivity index (χ4n) is 0.410. The van der Waals surface area contributed by atoms with Crippen molar-refractivity contribution in [3.8, 4) is 0 Å². The Morgan fingerprint density at radius 1 is 1.55 bits per heavy atom. The Balaban J connectivity index is 4.55. The Hall–Kier alpha value is 0.1000. The van der Waals surface area contributed by atoms with Crippen LogP contribution in [0.15, 0.2) is 0 Å². The lowest BCUT2D eigenvalue weighted by Gasteiger charge is -2.21. The first kappa shape index (κ1) is 11.1. The van der Waals surface area contributed by atoms with E-state index in [2.05, 4.69) is 31.9 Å². The molecule has 0 saturated heterocycles. The van der Waals surface area contributed by atoms with Crippen molar-refractivity contribution in [3.05, 3.63) is 0 Å². The van der Waals surface area contributed by atoms with Crippen molar-refractivity contribution in [2.45, 2.75) is 23.0 Å². The van der Waals surface area contributed by atoms with Gasteiger partial charge in [-0.15, -0.1) is 0 Å². The molecule has 2 atom stereocenters. The molecule has 0 spiro atoms. The quantitative estimate of drug-likeness (QED) is 0.802. The largest absolute Gasteiger partial charge is 0.480 e. The van der Waals surface area contributed by atoms with E-state index < -0.39 is 15.1 Å². The van der Waals surface area contributed by atoms with Crippen molar-refractivity contribution >= 4 is 43.6 Å². The minimum absolute atomic E-state index is 0.221. The van der Waals surface area contributed by atoms with Crippen LogP contribution >= 0.6 is 31.9 Å². The lowest BCUT2D eigenvalue weighted by molar-refractivity contribution is -0.138. The predicted octanol–water partition coefficient (Wildman–Crippen LogP) is 1.58. The van der Waals surface area contributed by atoms with Gasteiger partial charge < -0.3 is 5.11 Å². The molecule has 1 N–H and O–H groups in total. The number of halogens is 2. The zero-order chi connectivity index (χ0) is 9.23. The van der Waals surface area contributed by atoms with Crippen LogP contribution in [0.1, 0.15) is 13.8 Å². The zero-order valence-electron chi connectivity index (χ0n) is 6.10. The summed E-state index contributed by atoms with van der Waals surface area (Å²) in [6, 6.07) is 0. The first-order valence-electron chi connectivity index (χ1n) is 2.87. The van der Waals surface area contributed by atoms with E-state index in [1.165, 1.54) is 13.8 Å². The van der Waals surface area contributed by atoms with Gasteiger partial charge in [0.25, 0.3) is 0 Å². The normalized spacial score (nSPS) is 18.5. The number of carbonyl (C=O) groups is 2. The van der Waals surface area contributed by atoms with E-state index in [0.717, 1.165) is 0 Å². The van der Waals surface area contributed by atoms with Gasteiger partial charge >= 0.3 is 5.97 Å². The highest BCUT2D eigenvalue weighted by Gasteiger charge is 2.39. The van der Waals surface area contributed by atoms with Crippen LogP contribution in [-0.4, -0.2) is 26.0 Å². The van der Waals surface area contributed by atoms with Crippen LogP contribution in [0.2, 0.25) is 0 Å². The summed E-state index contributed by atoms with van der Waals surface area (Å²) in [5.74, 6) is -1.28. The van der Waals surface area contributed by atoms with E-state index in [0.29, 0.717) is 0 Å². The van der Waals surface area contributed by atoms with Gasteiger partial charge in [0.1, 0.15) is 14.9 Å². The van der Waals surface area contributed by atoms with Crippen molar-refractivity contribution in [2.75, 3.05) is 0 Å². The second-order valence-electron chi connectivity index (χ2n) is 2.33. The Kier molecular flexibility index (Phi) is 3.70. The Bertz CT molecular complexity index is 188. The fourth-order valence-corrected chi connectivity index (χ4v) is 0.929. The summed E-state index contributed by atoms with van der Waals surface area (Å²) < 4.78 is -1.03. The molecular weight excluding hydrogens is 280 g/mol. The van der Waals surface area contributed by atoms with Crippen molar-refractivity contribution in [3.63, 3.8) is 0 Å². The van der Waals surface area contributed by atoms with Gasteiger partial charge in [0, 0.05) is 0 Å². The standard InChI is InChI=1S/C6H8Br2O3/c1-3(9)6(2,8)4(7)5(10)11/h4H,1-2H3,(H,10,11)/t4-,6-/m0/s1. The number of rotatable bonds is 3. The molecule has 0 aromatic carbocycles. The third kappa shape index (κ3) is 2.56. The number of Topliss-reactive ketones (excluding diaryl/α,β-unsaturated/α-hetero) is 1. The number of carboxylic acids is 1. The Labute approximate surface area is 81.4 Å². The average Bonchev–Trinajstić information content (AvgIpc) is 1.85. The molecule has 0 aliphatic heterocycles. The van der Waals surface area contributed by atoms with Crippen LogP contribution in [0.3, 0.4) is 0 Å². The molecule has 0 bridgehead atoms. The molecule has 0 aliphatic carbocycles. The van der Waals surface area contributed by atoms with E-state index in [9.17, 15) is 9.59 Å². The highest BCUT2D eigenvalue weighted by atomic mass is 79.9. The molecule has 0 aromatic rings. The summed E-state index contributed by atoms with van der Waals surface area (Å²) in [6.45, 7) is 2.86. The fraction of sp³-hybridized carbons (Fsp3) is 0.667. The minimum Gasteiger partial charge on any atom is -0.480 e. The number of carbonyl (C=O) groups excluding carboxylic acids is 1. The zero-order valence-corrected chi connectivity index (χ0v) is 9.27. The molecule has 64 valence electrons. The summed E-state index contributed by atoms with van der Waals surface area (Å²) in [4.78, 5) is 20.4. The molecule has 0 aromatic heterocycles. The summed E-state index contributed by atoms with van der Waals surface area (Å²) in [6.07, 6.45) is 0. The van der Waals surface area contributed by atoms with E-state index in [4.69, 9.17) is 5.11 Å². The number of alkyl halides is 2. The molecule has 0 heterocycles. The number of aliphatic carboxylic acids is 1. The van der Waals surface area contributed by atoms with Crippen molar-refractivity contribution in [2.24, 2.45) is 0 Å². The molecule has 5 heteroatoms. The maximum absolute atomic E-state index is 10.9. The predicted molar refractivity (Wildman–Crippen MR) is 48.4 cm³/mol. The first-order valence-corrected chi connectivity index (χ1v) is 4.58. The number of carboxylic acid groups (broad SMARTS) is 1. The van der Waals surface area contributed by atoms with E-state index in [1.807, 2.05) is 0 Å². The van der Waals surface area contributed by atoms with Crippen LogP contribution in [0.4, 0.5) is 0 Å². The van der Waals surface area contributed by atoms with Gasteiger partial charge in [-0.25, -0.2) is 0 Å². The third-order valence-electron chi connectivity index (χ3n) is 1.38. The highest BCUT2D eigenvalue weighted by molar-refractivity contribution is 9.13. The van der Waals surface area contributed by atoms with Crippen molar-refractivity contribution < 1.29 is 14.7 Å². The third-order valence-corrected chi connectivity index (χ3v) is 4.32. The highest BCUT2D eigenvalue weighted by Crippen LogP contribution is 2.28. The molecule has 11 heavy (non-hydrogen) atoms. The number of hydrogen-bond acceptors (Lipinski definition) is 2. The van der Waals surface area contributed by atoms with Gasteiger partial charge in [-0.2, -0.15) is 0 Å². The average molecular weight is 288 g/mol. The van der Waals surface area contributed by atoms with Crippen LogP contribution in [0.25, 0.3) is 0 Å². The molecule has 0 fully saturated rings. The molecule has 0 rings (SSSR count). The number of hydrogen-bond donors (Lipinski definition) is 1. The monoisotopic (exact) mass is 286 g/mol. The molecule has 0 radical (unpaired) electrons. The smallest absolute Gasteiger partial charge is 0.319 e. The topological polar surface area (TPSA) is 54.4 Å². The maximum Gasteiger partial charge on any atom is 0.319 e. The second-order valence-corrected chi connectivity index (χ2v) is 4.90. The molecule has 0 amide bonds. The SMILES string of the molecule is CC(=O)[C@](C)(Br)[C@@H](Br)C(=O)O. The second kappa shape index (κ2) is 3.67. The summed E-state index contributed by atoms with van der Waals surface area (Å²) in [5.41, 5.74) is 0. The molecule has 0 aliphatic rings. The van der Waals surface area contributed by atoms with Crippen LogP contribution < -0.4 is 0 Å². The lowest BCUT2D eigenvalue weighted by atomic mass is 10.0. The first-order chi connectivity index (χ1) is 4.80. The lowest BCUT2D eigenvalue weighted by Crippen LogP contribution is -2.40. The van der Waals surface area contributed by atoms with Gasteiger partial charge in [0.15, 0.2) is 0 Å². The molecule has 0 unspecified atom stereocenters. The summed E-state index contributed by atoms with van der Waals surface area (Å²) >= 11 is 5.93. The van der Waals surface area contributed by atoms with E-state index in [1.54, 1.807) is 0 Å². The van der Waals surface area contributed by atoms with E-state index in [-0.39, 0.29) is 5.78 Å². The van der Waals surface area contributed by atoms with Gasteiger partial charge in [0.2, 0.25) is 0 Å². The van der Waals surface area contributed by atoms with Crippen molar-refractivity contribution in [1.82, 2.24) is 0 Å². The molecule has 0 saturated carbocycles. The number of ketones is 1. The van der Waals surface area contributed by atoms with Crippen LogP contribution in [0.5, 0.6) is 0 Å². The Morgan fingerprint density at radius 2 is 1.91 bits per heavy atom. The minimum atomic E-state index is -1.06. The van der Waals surface area contributed by atoms with Gasteiger partial charge in [-0.1, -0.05) is 31.9 Å². The van der Waals surface area contributed by atoms with Gasteiger partial charge in [0.05, 0.1) is 0 Å². The van der Waals surface area contributed by atoms with Crippen LogP contribution in [0, 0.1) is 0 Å². The van der Waals surface area contributed by atoms with Crippen LogP contribution in [-0.2, 0) is 9.59 Å². The van der Waals surface area contributed by atoms with Gasteiger partial charge in [-0.3, -0.25) is 9.59 Å². The molecular formula is C6H8Br2O3.